The molecular weight excluding hydrogens is 428 g/mol. The number of hydrogen-bond donors (Lipinski definition) is 2. The minimum atomic E-state index is 0.657. The van der Waals surface area contributed by atoms with E-state index in [1.54, 1.807) is 12.1 Å². The Morgan fingerprint density at radius 2 is 0.871 bits per heavy atom. The lowest BCUT2D eigenvalue weighted by Crippen LogP contribution is -1.88. The Kier molecular flexibility index (Phi) is 6.89. The van der Waals surface area contributed by atoms with Gasteiger partial charge in [-0.1, -0.05) is 24.3 Å². The second-order valence-corrected chi connectivity index (χ2v) is 8.35. The molecular formula is C24H20N2O3S2. The Morgan fingerprint density at radius 1 is 0.484 bits per heavy atom. The number of hydrogen-bond acceptors (Lipinski definition) is 7. The lowest BCUT2D eigenvalue weighted by Gasteiger charge is -2.09. The highest BCUT2D eigenvalue weighted by atomic mass is 32.2. The lowest BCUT2D eigenvalue weighted by atomic mass is 10.3. The highest BCUT2D eigenvalue weighted by Gasteiger charge is 2.04. The second kappa shape index (κ2) is 10.2. The molecule has 0 atom stereocenters. The Labute approximate surface area is 189 Å². The molecule has 0 aliphatic heterocycles. The van der Waals surface area contributed by atoms with Crippen molar-refractivity contribution in [3.05, 3.63) is 97.1 Å². The molecule has 5 nitrogen and oxygen atoms in total. The largest absolute Gasteiger partial charge is 0.457 e. The number of nitrogen functional groups attached to an aromatic ring is 2. The van der Waals surface area contributed by atoms with Crippen LogP contribution >= 0.6 is 24.1 Å². The molecule has 0 amide bonds. The number of anilines is 2. The molecule has 0 saturated carbocycles. The molecule has 4 aromatic rings. The molecule has 0 radical (unpaired) electrons. The molecule has 4 aromatic carbocycles. The van der Waals surface area contributed by atoms with Gasteiger partial charge in [0, 0.05) is 57.4 Å². The fourth-order valence-corrected chi connectivity index (χ4v) is 4.06. The zero-order valence-corrected chi connectivity index (χ0v) is 18.1. The van der Waals surface area contributed by atoms with E-state index >= 15 is 0 Å². The van der Waals surface area contributed by atoms with Gasteiger partial charge in [0.2, 0.25) is 0 Å². The van der Waals surface area contributed by atoms with Crippen LogP contribution in [0.25, 0.3) is 0 Å². The van der Waals surface area contributed by atoms with E-state index in [9.17, 15) is 0 Å². The molecule has 0 aliphatic rings. The van der Waals surface area contributed by atoms with Crippen LogP contribution in [0, 0.1) is 0 Å². The summed E-state index contributed by atoms with van der Waals surface area (Å²) in [5.41, 5.74) is 12.9. The molecule has 7 heteroatoms. The summed E-state index contributed by atoms with van der Waals surface area (Å²) < 4.78 is 17.5. The van der Waals surface area contributed by atoms with E-state index in [1.165, 1.54) is 24.1 Å². The number of nitrogens with two attached hydrogens (primary N) is 2. The van der Waals surface area contributed by atoms with E-state index in [4.69, 9.17) is 24.6 Å². The standard InChI is InChI=1S/C24H20N2O3S2/c25-17-5-1-7-19(13-17)27-21-9-3-11-23(15-21)30-29-31-24-12-4-10-22(16-24)28-20-8-2-6-18(26)14-20/h1-16H,25-26H2. The van der Waals surface area contributed by atoms with Crippen molar-refractivity contribution in [2.45, 2.75) is 9.79 Å². The molecule has 156 valence electrons. The fourth-order valence-electron chi connectivity index (χ4n) is 2.70. The van der Waals surface area contributed by atoms with Gasteiger partial charge in [-0.05, 0) is 60.7 Å². The number of rotatable bonds is 8. The van der Waals surface area contributed by atoms with Crippen LogP contribution in [-0.4, -0.2) is 0 Å². The minimum Gasteiger partial charge on any atom is -0.457 e. The maximum absolute atomic E-state index is 5.86. The van der Waals surface area contributed by atoms with Crippen LogP contribution in [0.2, 0.25) is 0 Å². The molecule has 0 fully saturated rings. The first kappa shape index (κ1) is 21.0. The molecule has 0 heterocycles. The van der Waals surface area contributed by atoms with Gasteiger partial charge in [-0.2, -0.15) is 0 Å². The van der Waals surface area contributed by atoms with Crippen molar-refractivity contribution in [3.8, 4) is 23.0 Å². The second-order valence-electron chi connectivity index (χ2n) is 6.53. The SMILES string of the molecule is Nc1cccc(Oc2cccc(SOSc3cccc(Oc4cccc(N)c4)c3)c2)c1. The minimum absolute atomic E-state index is 0.657. The summed E-state index contributed by atoms with van der Waals surface area (Å²) in [6.45, 7) is 0. The van der Waals surface area contributed by atoms with E-state index < -0.39 is 0 Å². The average molecular weight is 449 g/mol. The first-order chi connectivity index (χ1) is 15.1. The molecule has 0 spiro atoms. The van der Waals surface area contributed by atoms with Crippen LogP contribution < -0.4 is 20.9 Å². The molecule has 0 aromatic heterocycles. The van der Waals surface area contributed by atoms with E-state index in [-0.39, 0.29) is 0 Å². The maximum Gasteiger partial charge on any atom is 0.129 e. The Balaban J connectivity index is 1.33. The lowest BCUT2D eigenvalue weighted by molar-refractivity contribution is 0.481. The molecule has 0 bridgehead atoms. The fraction of sp³-hybridized carbons (Fsp3) is 0. The first-order valence-corrected chi connectivity index (χ1v) is 10.9. The van der Waals surface area contributed by atoms with E-state index in [0.717, 1.165) is 9.79 Å². The summed E-state index contributed by atoms with van der Waals surface area (Å²) >= 11 is 2.51. The van der Waals surface area contributed by atoms with Crippen molar-refractivity contribution in [2.24, 2.45) is 0 Å². The van der Waals surface area contributed by atoms with Crippen LogP contribution in [0.3, 0.4) is 0 Å². The summed E-state index contributed by atoms with van der Waals surface area (Å²) in [6, 6.07) is 30.0. The van der Waals surface area contributed by atoms with Crippen molar-refractivity contribution >= 4 is 35.5 Å². The van der Waals surface area contributed by atoms with Crippen LogP contribution in [0.1, 0.15) is 0 Å². The van der Waals surface area contributed by atoms with Crippen molar-refractivity contribution in [3.63, 3.8) is 0 Å². The van der Waals surface area contributed by atoms with Crippen molar-refractivity contribution < 1.29 is 13.1 Å². The third kappa shape index (κ3) is 6.36. The zero-order valence-electron chi connectivity index (χ0n) is 16.4. The third-order valence-electron chi connectivity index (χ3n) is 4.06. The normalized spacial score (nSPS) is 10.6. The maximum atomic E-state index is 5.86. The van der Waals surface area contributed by atoms with Gasteiger partial charge in [0.1, 0.15) is 23.0 Å². The molecule has 4 rings (SSSR count). The highest BCUT2D eigenvalue weighted by molar-refractivity contribution is 8.07. The van der Waals surface area contributed by atoms with Gasteiger partial charge in [-0.15, -0.1) is 0 Å². The first-order valence-electron chi connectivity index (χ1n) is 9.42. The Bertz CT molecular complexity index is 1080. The van der Waals surface area contributed by atoms with Crippen molar-refractivity contribution in [1.82, 2.24) is 0 Å². The van der Waals surface area contributed by atoms with Crippen molar-refractivity contribution in [1.29, 1.82) is 0 Å². The zero-order chi connectivity index (χ0) is 21.5. The summed E-state index contributed by atoms with van der Waals surface area (Å²) in [5, 5.41) is 0. The molecule has 0 aliphatic carbocycles. The monoisotopic (exact) mass is 448 g/mol. The van der Waals surface area contributed by atoms with Gasteiger partial charge in [0.25, 0.3) is 0 Å². The van der Waals surface area contributed by atoms with Crippen LogP contribution in [-0.2, 0) is 3.63 Å². The van der Waals surface area contributed by atoms with Gasteiger partial charge in [0.05, 0.1) is 0 Å². The van der Waals surface area contributed by atoms with Gasteiger partial charge in [0.15, 0.2) is 0 Å². The summed E-state index contributed by atoms with van der Waals surface area (Å²) in [7, 11) is 0. The highest BCUT2D eigenvalue weighted by Crippen LogP contribution is 2.34. The Hall–Kier alpha value is -3.26. The van der Waals surface area contributed by atoms with E-state index in [1.807, 2.05) is 84.9 Å². The third-order valence-corrected chi connectivity index (χ3v) is 5.50. The van der Waals surface area contributed by atoms with E-state index in [2.05, 4.69) is 0 Å². The quantitative estimate of drug-likeness (QED) is 0.218. The molecule has 4 N–H and O–H groups in total. The molecule has 31 heavy (non-hydrogen) atoms. The van der Waals surface area contributed by atoms with Gasteiger partial charge >= 0.3 is 0 Å². The van der Waals surface area contributed by atoms with Gasteiger partial charge in [-0.25, -0.2) is 3.63 Å². The predicted molar refractivity (Wildman–Crippen MR) is 128 cm³/mol. The van der Waals surface area contributed by atoms with E-state index in [0.29, 0.717) is 34.4 Å². The molecule has 0 unspecified atom stereocenters. The van der Waals surface area contributed by atoms with Gasteiger partial charge in [-0.3, -0.25) is 0 Å². The summed E-state index contributed by atoms with van der Waals surface area (Å²) in [6.07, 6.45) is 0. The Morgan fingerprint density at radius 3 is 1.29 bits per heavy atom. The molecule has 0 saturated heterocycles. The predicted octanol–water partition coefficient (Wildman–Crippen LogP) is 7.17. The van der Waals surface area contributed by atoms with Crippen molar-refractivity contribution in [2.75, 3.05) is 11.5 Å². The van der Waals surface area contributed by atoms with Crippen LogP contribution in [0.15, 0.2) is 107 Å². The van der Waals surface area contributed by atoms with Gasteiger partial charge < -0.3 is 20.9 Å². The van der Waals surface area contributed by atoms with Crippen LogP contribution in [0.5, 0.6) is 23.0 Å². The topological polar surface area (TPSA) is 79.7 Å². The number of benzene rings is 4. The smallest absolute Gasteiger partial charge is 0.129 e. The number of ether oxygens (including phenoxy) is 2. The average Bonchev–Trinajstić information content (AvgIpc) is 2.74. The summed E-state index contributed by atoms with van der Waals surface area (Å²) in [4.78, 5) is 1.84. The van der Waals surface area contributed by atoms with Crippen LogP contribution in [0.4, 0.5) is 11.4 Å². The summed E-state index contributed by atoms with van der Waals surface area (Å²) in [5.74, 6) is 2.80.